The number of aliphatic hydroxyl groups excluding tert-OH is 1. The van der Waals surface area contributed by atoms with Gasteiger partial charge in [-0.05, 0) is 50.1 Å². The third-order valence-electron chi connectivity index (χ3n) is 4.63. The molecule has 3 heterocycles. The normalized spacial score (nSPS) is 12.0. The highest BCUT2D eigenvalue weighted by Crippen LogP contribution is 2.34. The van der Waals surface area contributed by atoms with Gasteiger partial charge in [0.25, 0.3) is 0 Å². The van der Waals surface area contributed by atoms with Gasteiger partial charge in [0, 0.05) is 23.1 Å². The molecule has 0 saturated heterocycles. The lowest BCUT2D eigenvalue weighted by molar-refractivity contribution is 0.198. The van der Waals surface area contributed by atoms with Gasteiger partial charge in [-0.25, -0.2) is 19.3 Å². The van der Waals surface area contributed by atoms with E-state index in [2.05, 4.69) is 25.6 Å². The summed E-state index contributed by atoms with van der Waals surface area (Å²) in [6.07, 6.45) is 1.90. The van der Waals surface area contributed by atoms with Crippen molar-refractivity contribution in [3.8, 4) is 10.6 Å². The van der Waals surface area contributed by atoms with Crippen LogP contribution in [0.5, 0.6) is 0 Å². The summed E-state index contributed by atoms with van der Waals surface area (Å²) >= 11 is 8.71. The van der Waals surface area contributed by atoms with Gasteiger partial charge in [-0.15, -0.1) is 22.7 Å². The molecule has 0 aliphatic heterocycles. The molecular weight excluding hydrogens is 469 g/mol. The van der Waals surface area contributed by atoms with Crippen LogP contribution in [0.25, 0.3) is 10.6 Å². The Morgan fingerprint density at radius 2 is 2.06 bits per heavy atom. The second-order valence-electron chi connectivity index (χ2n) is 7.16. The van der Waals surface area contributed by atoms with Gasteiger partial charge in [0.05, 0.1) is 22.0 Å². The number of aryl methyl sites for hydroxylation is 1. The first-order valence-electron chi connectivity index (χ1n) is 9.91. The molecule has 0 radical (unpaired) electrons. The van der Waals surface area contributed by atoms with Crippen molar-refractivity contribution < 1.29 is 9.50 Å². The van der Waals surface area contributed by atoms with E-state index in [-0.39, 0.29) is 5.82 Å². The Balaban J connectivity index is 1.34. The molecule has 4 rings (SSSR count). The van der Waals surface area contributed by atoms with Crippen molar-refractivity contribution in [1.82, 2.24) is 15.0 Å². The molecule has 0 saturated carbocycles. The Kier molecular flexibility index (Phi) is 7.00. The van der Waals surface area contributed by atoms with E-state index in [0.717, 1.165) is 27.0 Å². The molecule has 0 spiro atoms. The van der Waals surface area contributed by atoms with E-state index < -0.39 is 6.10 Å². The standard InChI is InChI=1S/C22H21ClFN5OS2/c1-12-20(32-21(27-12)13(2)30)18-11-31-22(28-18)29-19-6-3-14(10-26-19)7-8-25-17-5-4-15(23)9-16(17)24/h3-6,9-11,13,25,30H,7-8H2,1-2H3,(H,26,28,29). The highest BCUT2D eigenvalue weighted by atomic mass is 35.5. The smallest absolute Gasteiger partial charge is 0.188 e. The third kappa shape index (κ3) is 5.42. The van der Waals surface area contributed by atoms with Gasteiger partial charge < -0.3 is 15.7 Å². The van der Waals surface area contributed by atoms with Crippen molar-refractivity contribution in [2.75, 3.05) is 17.2 Å². The topological polar surface area (TPSA) is 83.0 Å². The van der Waals surface area contributed by atoms with Crippen LogP contribution in [0.4, 0.5) is 21.0 Å². The van der Waals surface area contributed by atoms with E-state index in [1.165, 1.54) is 28.7 Å². The van der Waals surface area contributed by atoms with E-state index in [1.807, 2.05) is 24.4 Å². The second kappa shape index (κ2) is 9.91. The number of halogens is 2. The molecule has 1 atom stereocenters. The molecule has 0 aliphatic carbocycles. The molecule has 0 amide bonds. The maximum atomic E-state index is 13.8. The number of rotatable bonds is 8. The Morgan fingerprint density at radius 1 is 1.22 bits per heavy atom. The predicted molar refractivity (Wildman–Crippen MR) is 130 cm³/mol. The minimum absolute atomic E-state index is 0.367. The molecule has 32 heavy (non-hydrogen) atoms. The van der Waals surface area contributed by atoms with Crippen molar-refractivity contribution in [3.05, 3.63) is 69.0 Å². The lowest BCUT2D eigenvalue weighted by Gasteiger charge is -2.08. The molecular formula is C22H21ClFN5OS2. The number of nitrogens with one attached hydrogen (secondary N) is 2. The second-order valence-corrected chi connectivity index (χ2v) is 9.48. The third-order valence-corrected chi connectivity index (χ3v) is 6.97. The number of thiazole rings is 2. The van der Waals surface area contributed by atoms with Gasteiger partial charge in [0.1, 0.15) is 22.7 Å². The number of benzene rings is 1. The highest BCUT2D eigenvalue weighted by molar-refractivity contribution is 7.17. The fraction of sp³-hybridized carbons (Fsp3) is 0.227. The zero-order valence-electron chi connectivity index (χ0n) is 17.4. The van der Waals surface area contributed by atoms with Crippen LogP contribution in [0.2, 0.25) is 5.02 Å². The Morgan fingerprint density at radius 3 is 2.75 bits per heavy atom. The molecule has 0 bridgehead atoms. The quantitative estimate of drug-likeness (QED) is 0.273. The van der Waals surface area contributed by atoms with Crippen LogP contribution in [0.15, 0.2) is 41.9 Å². The first-order valence-corrected chi connectivity index (χ1v) is 12.0. The molecule has 3 aromatic heterocycles. The molecule has 0 fully saturated rings. The van der Waals surface area contributed by atoms with Crippen LogP contribution in [0, 0.1) is 12.7 Å². The van der Waals surface area contributed by atoms with Crippen molar-refractivity contribution in [2.24, 2.45) is 0 Å². The van der Waals surface area contributed by atoms with Crippen molar-refractivity contribution in [2.45, 2.75) is 26.4 Å². The van der Waals surface area contributed by atoms with E-state index in [1.54, 1.807) is 25.3 Å². The average molecular weight is 490 g/mol. The Bertz CT molecular complexity index is 1210. The monoisotopic (exact) mass is 489 g/mol. The number of hydrogen-bond donors (Lipinski definition) is 3. The minimum Gasteiger partial charge on any atom is -0.386 e. The van der Waals surface area contributed by atoms with Crippen molar-refractivity contribution in [1.29, 1.82) is 0 Å². The van der Waals surface area contributed by atoms with Crippen LogP contribution in [-0.2, 0) is 6.42 Å². The van der Waals surface area contributed by atoms with E-state index in [4.69, 9.17) is 11.6 Å². The first-order chi connectivity index (χ1) is 15.4. The van der Waals surface area contributed by atoms with Gasteiger partial charge >= 0.3 is 0 Å². The van der Waals surface area contributed by atoms with E-state index >= 15 is 0 Å². The molecule has 1 aromatic carbocycles. The van der Waals surface area contributed by atoms with Crippen LogP contribution >= 0.6 is 34.3 Å². The van der Waals surface area contributed by atoms with Gasteiger partial charge in [-0.2, -0.15) is 0 Å². The number of aromatic nitrogens is 3. The summed E-state index contributed by atoms with van der Waals surface area (Å²) in [4.78, 5) is 14.4. The van der Waals surface area contributed by atoms with Crippen LogP contribution < -0.4 is 10.6 Å². The van der Waals surface area contributed by atoms with Gasteiger partial charge in [0.15, 0.2) is 5.13 Å². The molecule has 0 aliphatic rings. The maximum absolute atomic E-state index is 13.8. The predicted octanol–water partition coefficient (Wildman–Crippen LogP) is 6.21. The van der Waals surface area contributed by atoms with E-state index in [9.17, 15) is 9.50 Å². The summed E-state index contributed by atoms with van der Waals surface area (Å²) in [5.74, 6) is 0.325. The molecule has 10 heteroatoms. The summed E-state index contributed by atoms with van der Waals surface area (Å²) < 4.78 is 13.8. The Labute approximate surface area is 198 Å². The number of nitrogens with zero attached hydrogens (tertiary/aromatic N) is 3. The van der Waals surface area contributed by atoms with Crippen molar-refractivity contribution >= 4 is 50.9 Å². The van der Waals surface area contributed by atoms with Gasteiger partial charge in [0.2, 0.25) is 0 Å². The maximum Gasteiger partial charge on any atom is 0.188 e. The summed E-state index contributed by atoms with van der Waals surface area (Å²) in [5, 5.41) is 19.8. The molecule has 166 valence electrons. The van der Waals surface area contributed by atoms with Crippen molar-refractivity contribution in [3.63, 3.8) is 0 Å². The summed E-state index contributed by atoms with van der Waals surface area (Å²) in [5.41, 5.74) is 3.15. The van der Waals surface area contributed by atoms with Crippen LogP contribution in [0.1, 0.15) is 29.3 Å². The summed E-state index contributed by atoms with van der Waals surface area (Å²) in [7, 11) is 0. The van der Waals surface area contributed by atoms with E-state index in [0.29, 0.717) is 34.5 Å². The lowest BCUT2D eigenvalue weighted by Crippen LogP contribution is -2.06. The fourth-order valence-corrected chi connectivity index (χ4v) is 4.91. The number of aliphatic hydroxyl groups is 1. The molecule has 3 N–H and O–H groups in total. The number of pyridine rings is 1. The first kappa shape index (κ1) is 22.6. The van der Waals surface area contributed by atoms with Gasteiger partial charge in [-0.3, -0.25) is 0 Å². The largest absolute Gasteiger partial charge is 0.386 e. The van der Waals surface area contributed by atoms with Gasteiger partial charge in [-0.1, -0.05) is 17.7 Å². The molecule has 4 aromatic rings. The molecule has 1 unspecified atom stereocenters. The molecule has 6 nitrogen and oxygen atoms in total. The number of hydrogen-bond acceptors (Lipinski definition) is 8. The zero-order chi connectivity index (χ0) is 22.7. The lowest BCUT2D eigenvalue weighted by atomic mass is 10.2. The average Bonchev–Trinajstić information content (AvgIpc) is 3.37. The Hall–Kier alpha value is -2.59. The minimum atomic E-state index is -0.591. The summed E-state index contributed by atoms with van der Waals surface area (Å²) in [6, 6.07) is 8.44. The fourth-order valence-electron chi connectivity index (χ4n) is 3.00. The zero-order valence-corrected chi connectivity index (χ0v) is 19.8. The summed E-state index contributed by atoms with van der Waals surface area (Å²) in [6.45, 7) is 4.20. The highest BCUT2D eigenvalue weighted by Gasteiger charge is 2.15. The SMILES string of the molecule is Cc1nc(C(C)O)sc1-c1csc(Nc2ccc(CCNc3ccc(Cl)cc3F)cn2)n1. The van der Waals surface area contributed by atoms with Crippen LogP contribution in [-0.4, -0.2) is 26.6 Å². The number of anilines is 3. The van der Waals surface area contributed by atoms with Crippen LogP contribution in [0.3, 0.4) is 0 Å².